The Morgan fingerprint density at radius 2 is 1.77 bits per heavy atom. The maximum atomic E-state index is 12.7. The van der Waals surface area contributed by atoms with Crippen molar-refractivity contribution in [1.82, 2.24) is 9.62 Å². The quantitative estimate of drug-likeness (QED) is 0.750. The van der Waals surface area contributed by atoms with E-state index in [1.807, 2.05) is 6.92 Å². The minimum atomic E-state index is -3.46. The van der Waals surface area contributed by atoms with E-state index < -0.39 is 10.0 Å². The molecule has 0 aliphatic carbocycles. The summed E-state index contributed by atoms with van der Waals surface area (Å²) < 4.78 is 32.5. The molecule has 0 aromatic heterocycles. The van der Waals surface area contributed by atoms with Crippen LogP contribution in [0.5, 0.6) is 5.75 Å². The van der Waals surface area contributed by atoms with Gasteiger partial charge in [0.15, 0.2) is 6.61 Å². The maximum Gasteiger partial charge on any atom is 0.258 e. The van der Waals surface area contributed by atoms with Gasteiger partial charge < -0.3 is 10.1 Å². The number of hydrogen-bond donors (Lipinski definition) is 1. The summed E-state index contributed by atoms with van der Waals surface area (Å²) in [5, 5.41) is 2.87. The van der Waals surface area contributed by atoms with Crippen molar-refractivity contribution in [2.75, 3.05) is 19.7 Å². The van der Waals surface area contributed by atoms with Crippen molar-refractivity contribution in [3.63, 3.8) is 0 Å². The number of nitrogens with zero attached hydrogens (tertiary/aromatic N) is 1. The largest absolute Gasteiger partial charge is 0.484 e. The molecular weight excluding hydrogens is 352 g/mol. The highest BCUT2D eigenvalue weighted by Gasteiger charge is 2.25. The lowest BCUT2D eigenvalue weighted by Gasteiger charge is -2.20. The first-order valence-corrected chi connectivity index (χ1v) is 10.9. The van der Waals surface area contributed by atoms with Crippen LogP contribution in [0.3, 0.4) is 0 Å². The Kier molecular flexibility index (Phi) is 7.90. The molecule has 1 fully saturated rings. The van der Waals surface area contributed by atoms with Gasteiger partial charge in [0.1, 0.15) is 5.75 Å². The van der Waals surface area contributed by atoms with E-state index in [1.54, 1.807) is 28.6 Å². The number of carbonyl (C=O) groups excluding carboxylic acids is 1. The Morgan fingerprint density at radius 3 is 2.35 bits per heavy atom. The molecule has 0 radical (unpaired) electrons. The molecule has 1 aromatic rings. The summed E-state index contributed by atoms with van der Waals surface area (Å²) in [7, 11) is -3.46. The van der Waals surface area contributed by atoms with Crippen LogP contribution in [0.15, 0.2) is 29.2 Å². The molecule has 0 saturated carbocycles. The van der Waals surface area contributed by atoms with Crippen LogP contribution >= 0.6 is 0 Å². The predicted molar refractivity (Wildman–Crippen MR) is 102 cm³/mol. The first-order chi connectivity index (χ1) is 12.4. The van der Waals surface area contributed by atoms with Gasteiger partial charge in [-0.05, 0) is 50.5 Å². The monoisotopic (exact) mass is 382 g/mol. The van der Waals surface area contributed by atoms with Crippen LogP contribution in [-0.4, -0.2) is 44.4 Å². The number of nitrogens with one attached hydrogen (secondary N) is 1. The Morgan fingerprint density at radius 1 is 1.15 bits per heavy atom. The van der Waals surface area contributed by atoms with Crippen LogP contribution < -0.4 is 10.1 Å². The molecule has 1 heterocycles. The second-order valence-electron chi connectivity index (χ2n) is 6.84. The smallest absolute Gasteiger partial charge is 0.258 e. The minimum Gasteiger partial charge on any atom is -0.484 e. The lowest BCUT2D eigenvalue weighted by molar-refractivity contribution is -0.123. The fourth-order valence-corrected chi connectivity index (χ4v) is 4.63. The number of amides is 1. The van der Waals surface area contributed by atoms with Gasteiger partial charge in [-0.1, -0.05) is 26.2 Å². The summed E-state index contributed by atoms with van der Waals surface area (Å²) in [5.74, 6) is 0.310. The molecule has 7 heteroatoms. The van der Waals surface area contributed by atoms with Crippen LogP contribution in [0.1, 0.15) is 52.4 Å². The SMILES string of the molecule is CCC[C@H](C)NC(=O)COc1ccc(S(=O)(=O)N2CCCCCC2)cc1. The van der Waals surface area contributed by atoms with Gasteiger partial charge in [0.05, 0.1) is 4.90 Å². The number of rotatable bonds is 8. The maximum absolute atomic E-state index is 12.7. The van der Waals surface area contributed by atoms with Crippen LogP contribution in [-0.2, 0) is 14.8 Å². The molecular formula is C19H30N2O4S. The molecule has 1 aliphatic rings. The van der Waals surface area contributed by atoms with Crippen molar-refractivity contribution < 1.29 is 17.9 Å². The number of sulfonamides is 1. The van der Waals surface area contributed by atoms with Gasteiger partial charge in [-0.25, -0.2) is 8.42 Å². The molecule has 1 atom stereocenters. The van der Waals surface area contributed by atoms with Crippen molar-refractivity contribution in [3.8, 4) is 5.75 Å². The van der Waals surface area contributed by atoms with Crippen molar-refractivity contribution in [3.05, 3.63) is 24.3 Å². The van der Waals surface area contributed by atoms with E-state index in [-0.39, 0.29) is 23.5 Å². The summed E-state index contributed by atoms with van der Waals surface area (Å²) in [5.41, 5.74) is 0. The topological polar surface area (TPSA) is 75.7 Å². The number of benzene rings is 1. The van der Waals surface area contributed by atoms with Crippen molar-refractivity contribution in [2.45, 2.75) is 63.3 Å². The average molecular weight is 383 g/mol. The fourth-order valence-electron chi connectivity index (χ4n) is 3.11. The molecule has 26 heavy (non-hydrogen) atoms. The molecule has 0 spiro atoms. The number of carbonyl (C=O) groups is 1. The highest BCUT2D eigenvalue weighted by atomic mass is 32.2. The molecule has 6 nitrogen and oxygen atoms in total. The average Bonchev–Trinajstić information content (AvgIpc) is 2.90. The van der Waals surface area contributed by atoms with Crippen LogP contribution in [0.4, 0.5) is 0 Å². The number of hydrogen-bond acceptors (Lipinski definition) is 4. The third kappa shape index (κ3) is 5.99. The molecule has 1 saturated heterocycles. The molecule has 1 aromatic carbocycles. The highest BCUT2D eigenvalue weighted by molar-refractivity contribution is 7.89. The Labute approximate surface area is 157 Å². The van der Waals surface area contributed by atoms with E-state index in [2.05, 4.69) is 12.2 Å². The zero-order valence-electron chi connectivity index (χ0n) is 15.7. The van der Waals surface area contributed by atoms with Crippen molar-refractivity contribution >= 4 is 15.9 Å². The normalized spacial score (nSPS) is 17.3. The molecule has 1 amide bonds. The molecule has 2 rings (SSSR count). The van der Waals surface area contributed by atoms with E-state index in [4.69, 9.17) is 4.74 Å². The predicted octanol–water partition coefficient (Wildman–Crippen LogP) is 2.93. The zero-order valence-corrected chi connectivity index (χ0v) is 16.6. The lowest BCUT2D eigenvalue weighted by atomic mass is 10.2. The van der Waals surface area contributed by atoms with Gasteiger partial charge in [0.2, 0.25) is 10.0 Å². The van der Waals surface area contributed by atoms with Crippen LogP contribution in [0.2, 0.25) is 0 Å². The van der Waals surface area contributed by atoms with Gasteiger partial charge in [0.25, 0.3) is 5.91 Å². The fraction of sp³-hybridized carbons (Fsp3) is 0.632. The third-order valence-corrected chi connectivity index (χ3v) is 6.44. The molecule has 1 aliphatic heterocycles. The lowest BCUT2D eigenvalue weighted by Crippen LogP contribution is -2.35. The van der Waals surface area contributed by atoms with E-state index in [1.165, 1.54) is 0 Å². The summed E-state index contributed by atoms with van der Waals surface area (Å²) >= 11 is 0. The van der Waals surface area contributed by atoms with Gasteiger partial charge in [-0.3, -0.25) is 4.79 Å². The number of ether oxygens (including phenoxy) is 1. The zero-order chi connectivity index (χ0) is 19.0. The highest BCUT2D eigenvalue weighted by Crippen LogP contribution is 2.22. The Bertz CT molecular complexity index is 665. The van der Waals surface area contributed by atoms with Crippen molar-refractivity contribution in [2.24, 2.45) is 0 Å². The summed E-state index contributed by atoms with van der Waals surface area (Å²) in [4.78, 5) is 12.1. The Hall–Kier alpha value is -1.60. The second-order valence-corrected chi connectivity index (χ2v) is 8.77. The molecule has 0 bridgehead atoms. The van der Waals surface area contributed by atoms with Crippen molar-refractivity contribution in [1.29, 1.82) is 0 Å². The molecule has 1 N–H and O–H groups in total. The first kappa shape index (κ1) is 20.7. The second kappa shape index (κ2) is 9.92. The van der Waals surface area contributed by atoms with Crippen LogP contribution in [0, 0.1) is 0 Å². The minimum absolute atomic E-state index is 0.0771. The van der Waals surface area contributed by atoms with E-state index in [0.717, 1.165) is 38.5 Å². The standard InChI is InChI=1S/C19H30N2O4S/c1-3-8-16(2)20-19(22)15-25-17-9-11-18(12-10-17)26(23,24)21-13-6-4-5-7-14-21/h9-12,16H,3-8,13-15H2,1-2H3,(H,20,22)/t16-/m0/s1. The van der Waals surface area contributed by atoms with Gasteiger partial charge in [-0.15, -0.1) is 0 Å². The Balaban J connectivity index is 1.92. The summed E-state index contributed by atoms with van der Waals surface area (Å²) in [6.45, 7) is 5.12. The van der Waals surface area contributed by atoms with Gasteiger partial charge in [-0.2, -0.15) is 4.31 Å². The van der Waals surface area contributed by atoms with E-state index in [9.17, 15) is 13.2 Å². The molecule has 146 valence electrons. The summed E-state index contributed by atoms with van der Waals surface area (Å²) in [6, 6.07) is 6.43. The van der Waals surface area contributed by atoms with Crippen LogP contribution in [0.25, 0.3) is 0 Å². The molecule has 0 unspecified atom stereocenters. The first-order valence-electron chi connectivity index (χ1n) is 9.46. The van der Waals surface area contributed by atoms with Gasteiger partial charge >= 0.3 is 0 Å². The van der Waals surface area contributed by atoms with E-state index in [0.29, 0.717) is 18.8 Å². The summed E-state index contributed by atoms with van der Waals surface area (Å²) in [6.07, 6.45) is 5.91. The van der Waals surface area contributed by atoms with Gasteiger partial charge in [0, 0.05) is 19.1 Å². The van der Waals surface area contributed by atoms with E-state index >= 15 is 0 Å². The third-order valence-electron chi connectivity index (χ3n) is 4.53.